The third-order valence-corrected chi connectivity index (χ3v) is 4.60. The van der Waals surface area contributed by atoms with Gasteiger partial charge in [0.05, 0.1) is 4.92 Å². The van der Waals surface area contributed by atoms with Gasteiger partial charge in [-0.3, -0.25) is 14.9 Å². The normalized spacial score (nSPS) is 27.1. The molecule has 0 aliphatic heterocycles. The number of carbonyl (C=O) groups is 1. The molecular formula is C16H18N2O3. The van der Waals surface area contributed by atoms with Crippen LogP contribution in [0.4, 0.5) is 5.69 Å². The van der Waals surface area contributed by atoms with Crippen LogP contribution in [-0.4, -0.2) is 16.9 Å². The molecule has 1 aromatic carbocycles. The van der Waals surface area contributed by atoms with Crippen LogP contribution in [0.3, 0.4) is 0 Å². The van der Waals surface area contributed by atoms with Crippen LogP contribution in [-0.2, 0) is 4.79 Å². The number of nitrogens with one attached hydrogen (secondary N) is 1. The summed E-state index contributed by atoms with van der Waals surface area (Å²) in [6.45, 7) is 0. The summed E-state index contributed by atoms with van der Waals surface area (Å²) in [7, 11) is 0. The predicted molar refractivity (Wildman–Crippen MR) is 79.5 cm³/mol. The molecule has 1 aromatic rings. The predicted octanol–water partition coefficient (Wildman–Crippen LogP) is 2.91. The number of nitro groups is 1. The van der Waals surface area contributed by atoms with Crippen LogP contribution in [0.2, 0.25) is 0 Å². The van der Waals surface area contributed by atoms with E-state index in [4.69, 9.17) is 0 Å². The molecule has 21 heavy (non-hydrogen) atoms. The number of benzene rings is 1. The fraction of sp³-hybridized carbons (Fsp3) is 0.438. The van der Waals surface area contributed by atoms with Crippen LogP contribution in [0.15, 0.2) is 30.3 Å². The van der Waals surface area contributed by atoms with Crippen LogP contribution in [0, 0.1) is 22.0 Å². The molecule has 5 heteroatoms. The number of hydrogen-bond donors (Lipinski definition) is 1. The molecule has 0 spiro atoms. The average molecular weight is 286 g/mol. The largest absolute Gasteiger partial charge is 0.350 e. The summed E-state index contributed by atoms with van der Waals surface area (Å²) in [4.78, 5) is 22.0. The van der Waals surface area contributed by atoms with Crippen molar-refractivity contribution in [2.45, 2.75) is 31.7 Å². The van der Waals surface area contributed by atoms with Crippen molar-refractivity contribution in [1.82, 2.24) is 5.32 Å². The van der Waals surface area contributed by atoms with Crippen molar-refractivity contribution in [3.05, 3.63) is 46.0 Å². The quantitative estimate of drug-likeness (QED) is 0.525. The van der Waals surface area contributed by atoms with E-state index in [1.54, 1.807) is 18.2 Å². The van der Waals surface area contributed by atoms with Crippen LogP contribution >= 0.6 is 0 Å². The van der Waals surface area contributed by atoms with E-state index < -0.39 is 4.92 Å². The zero-order valence-electron chi connectivity index (χ0n) is 11.7. The van der Waals surface area contributed by atoms with Gasteiger partial charge in [0.2, 0.25) is 5.91 Å². The number of fused-ring (bicyclic) bond motifs is 2. The molecule has 3 rings (SSSR count). The summed E-state index contributed by atoms with van der Waals surface area (Å²) in [6.07, 6.45) is 8.12. The molecule has 2 aliphatic rings. The molecule has 0 heterocycles. The molecule has 2 fully saturated rings. The Balaban J connectivity index is 1.55. The van der Waals surface area contributed by atoms with Gasteiger partial charge in [0.15, 0.2) is 0 Å². The fourth-order valence-electron chi connectivity index (χ4n) is 3.53. The van der Waals surface area contributed by atoms with Gasteiger partial charge in [-0.25, -0.2) is 0 Å². The Labute approximate surface area is 123 Å². The first-order chi connectivity index (χ1) is 10.1. The van der Waals surface area contributed by atoms with E-state index in [1.807, 2.05) is 0 Å². The number of nitro benzene ring substituents is 1. The minimum Gasteiger partial charge on any atom is -0.350 e. The smallest absolute Gasteiger partial charge is 0.269 e. The third-order valence-electron chi connectivity index (χ3n) is 4.60. The van der Waals surface area contributed by atoms with Gasteiger partial charge in [-0.1, -0.05) is 6.42 Å². The fourth-order valence-corrected chi connectivity index (χ4v) is 3.53. The van der Waals surface area contributed by atoms with E-state index in [0.717, 1.165) is 17.9 Å². The number of hydrogen-bond acceptors (Lipinski definition) is 3. The van der Waals surface area contributed by atoms with Crippen molar-refractivity contribution in [2.75, 3.05) is 0 Å². The standard InChI is InChI=1S/C16H18N2O3/c19-16(17-15-10-12-1-5-13(15)9-12)8-4-11-2-6-14(7-3-11)18(20)21/h2-4,6-8,12-13,15H,1,5,9-10H2,(H,17,19)/b8-4+/t12-,13-,15+/m0/s1. The first-order valence-corrected chi connectivity index (χ1v) is 7.35. The maximum absolute atomic E-state index is 11.9. The second-order valence-corrected chi connectivity index (χ2v) is 5.97. The van der Waals surface area contributed by atoms with Crippen molar-refractivity contribution in [2.24, 2.45) is 11.8 Å². The summed E-state index contributed by atoms with van der Waals surface area (Å²) < 4.78 is 0. The van der Waals surface area contributed by atoms with Gasteiger partial charge in [0.25, 0.3) is 5.69 Å². The Bertz CT molecular complexity index is 580. The lowest BCUT2D eigenvalue weighted by molar-refractivity contribution is -0.384. The Hall–Kier alpha value is -2.17. The van der Waals surface area contributed by atoms with Crippen LogP contribution in [0.5, 0.6) is 0 Å². The van der Waals surface area contributed by atoms with Crippen molar-refractivity contribution in [3.63, 3.8) is 0 Å². The summed E-state index contributed by atoms with van der Waals surface area (Å²) in [5.41, 5.74) is 0.835. The minimum absolute atomic E-state index is 0.0542. The molecule has 2 bridgehead atoms. The average Bonchev–Trinajstić information content (AvgIpc) is 3.08. The lowest BCUT2D eigenvalue weighted by atomic mass is 9.95. The first-order valence-electron chi connectivity index (χ1n) is 7.35. The zero-order chi connectivity index (χ0) is 14.8. The van der Waals surface area contributed by atoms with E-state index in [2.05, 4.69) is 5.32 Å². The van der Waals surface area contributed by atoms with Gasteiger partial charge in [0.1, 0.15) is 0 Å². The highest BCUT2D eigenvalue weighted by Crippen LogP contribution is 2.44. The molecular weight excluding hydrogens is 268 g/mol. The highest BCUT2D eigenvalue weighted by molar-refractivity contribution is 5.92. The van der Waals surface area contributed by atoms with Crippen LogP contribution in [0.25, 0.3) is 6.08 Å². The molecule has 0 unspecified atom stereocenters. The number of carbonyl (C=O) groups excluding carboxylic acids is 1. The van der Waals surface area contributed by atoms with Crippen LogP contribution < -0.4 is 5.32 Å². The lowest BCUT2D eigenvalue weighted by Crippen LogP contribution is -2.37. The highest BCUT2D eigenvalue weighted by Gasteiger charge is 2.39. The highest BCUT2D eigenvalue weighted by atomic mass is 16.6. The van der Waals surface area contributed by atoms with Crippen molar-refractivity contribution >= 4 is 17.7 Å². The van der Waals surface area contributed by atoms with Gasteiger partial charge in [-0.15, -0.1) is 0 Å². The third kappa shape index (κ3) is 3.12. The SMILES string of the molecule is O=C(/C=C/c1ccc([N+](=O)[O-])cc1)N[C@@H]1C[C@H]2CC[C@H]1C2. The molecule has 110 valence electrons. The summed E-state index contributed by atoms with van der Waals surface area (Å²) >= 11 is 0. The monoisotopic (exact) mass is 286 g/mol. The Morgan fingerprint density at radius 3 is 2.57 bits per heavy atom. The van der Waals surface area contributed by atoms with E-state index in [1.165, 1.54) is 37.5 Å². The number of amides is 1. The van der Waals surface area contributed by atoms with E-state index in [0.29, 0.717) is 12.0 Å². The minimum atomic E-state index is -0.435. The van der Waals surface area contributed by atoms with E-state index >= 15 is 0 Å². The summed E-state index contributed by atoms with van der Waals surface area (Å²) in [5, 5.41) is 13.6. The number of rotatable bonds is 4. The Morgan fingerprint density at radius 2 is 2.00 bits per heavy atom. The Kier molecular flexibility index (Phi) is 3.73. The molecule has 0 radical (unpaired) electrons. The first kappa shape index (κ1) is 13.8. The van der Waals surface area contributed by atoms with Gasteiger partial charge >= 0.3 is 0 Å². The van der Waals surface area contributed by atoms with Crippen molar-refractivity contribution in [3.8, 4) is 0 Å². The maximum Gasteiger partial charge on any atom is 0.269 e. The van der Waals surface area contributed by atoms with Crippen LogP contribution in [0.1, 0.15) is 31.2 Å². The molecule has 2 aliphatic carbocycles. The second-order valence-electron chi connectivity index (χ2n) is 5.97. The van der Waals surface area contributed by atoms with Gasteiger partial charge in [-0.2, -0.15) is 0 Å². The van der Waals surface area contributed by atoms with E-state index in [-0.39, 0.29) is 11.6 Å². The molecule has 0 saturated heterocycles. The molecule has 0 aromatic heterocycles. The Morgan fingerprint density at radius 1 is 1.24 bits per heavy atom. The molecule has 2 saturated carbocycles. The van der Waals surface area contributed by atoms with Gasteiger partial charge in [0, 0.05) is 24.3 Å². The van der Waals surface area contributed by atoms with Gasteiger partial charge in [-0.05, 0) is 54.9 Å². The second kappa shape index (κ2) is 5.68. The zero-order valence-corrected chi connectivity index (χ0v) is 11.7. The lowest BCUT2D eigenvalue weighted by Gasteiger charge is -2.22. The molecule has 1 amide bonds. The number of nitrogens with zero attached hydrogens (tertiary/aromatic N) is 1. The molecule has 3 atom stereocenters. The van der Waals surface area contributed by atoms with E-state index in [9.17, 15) is 14.9 Å². The van der Waals surface area contributed by atoms with Crippen molar-refractivity contribution < 1.29 is 9.72 Å². The molecule has 1 N–H and O–H groups in total. The molecule has 5 nitrogen and oxygen atoms in total. The van der Waals surface area contributed by atoms with Gasteiger partial charge < -0.3 is 5.32 Å². The van der Waals surface area contributed by atoms with Crippen molar-refractivity contribution in [1.29, 1.82) is 0 Å². The summed E-state index contributed by atoms with van der Waals surface area (Å²) in [6, 6.07) is 6.48. The topological polar surface area (TPSA) is 72.2 Å². The maximum atomic E-state index is 11.9. The number of non-ortho nitro benzene ring substituents is 1. The summed E-state index contributed by atoms with van der Waals surface area (Å²) in [5.74, 6) is 1.39.